The van der Waals surface area contributed by atoms with Gasteiger partial charge in [0.05, 0.1) is 0 Å². The molecule has 88 valence electrons. The van der Waals surface area contributed by atoms with Gasteiger partial charge in [0, 0.05) is 6.20 Å². The first-order valence-electron chi connectivity index (χ1n) is 4.67. The van der Waals surface area contributed by atoms with Crippen LogP contribution >= 0.6 is 11.8 Å². The average Bonchev–Trinajstić information content (AvgIpc) is 2.76. The fourth-order valence-corrected chi connectivity index (χ4v) is 1.58. The molecule has 1 heterocycles. The van der Waals surface area contributed by atoms with Crippen molar-refractivity contribution < 1.29 is 14.7 Å². The van der Waals surface area contributed by atoms with Crippen molar-refractivity contribution in [3.05, 3.63) is 18.0 Å². The summed E-state index contributed by atoms with van der Waals surface area (Å²) in [7, 11) is 0. The molecular weight excluding hydrogens is 230 g/mol. The number of hydrogen-bond donors (Lipinski definition) is 3. The van der Waals surface area contributed by atoms with Gasteiger partial charge in [0.2, 0.25) is 0 Å². The Hall–Kier alpha value is -1.50. The molecule has 3 N–H and O–H groups in total. The highest BCUT2D eigenvalue weighted by molar-refractivity contribution is 7.98. The number of aliphatic carboxylic acids is 1. The van der Waals surface area contributed by atoms with Gasteiger partial charge in [0.1, 0.15) is 11.7 Å². The summed E-state index contributed by atoms with van der Waals surface area (Å²) < 4.78 is 0. The van der Waals surface area contributed by atoms with Crippen molar-refractivity contribution >= 4 is 23.6 Å². The van der Waals surface area contributed by atoms with E-state index in [0.29, 0.717) is 12.2 Å². The number of rotatable bonds is 6. The van der Waals surface area contributed by atoms with Gasteiger partial charge < -0.3 is 10.4 Å². The molecule has 0 aliphatic carbocycles. The van der Waals surface area contributed by atoms with E-state index in [9.17, 15) is 9.59 Å². The van der Waals surface area contributed by atoms with Gasteiger partial charge in [0.15, 0.2) is 0 Å². The number of H-pyrrole nitrogens is 1. The van der Waals surface area contributed by atoms with E-state index in [1.807, 2.05) is 6.26 Å². The lowest BCUT2D eigenvalue weighted by Gasteiger charge is -2.12. The number of amides is 1. The zero-order chi connectivity index (χ0) is 12.0. The number of carbonyl (C=O) groups excluding carboxylic acids is 1. The first-order chi connectivity index (χ1) is 7.65. The van der Waals surface area contributed by atoms with E-state index in [0.717, 1.165) is 0 Å². The second-order valence-corrected chi connectivity index (χ2v) is 4.10. The molecule has 0 radical (unpaired) electrons. The molecule has 7 heteroatoms. The molecule has 6 nitrogen and oxygen atoms in total. The number of carboxylic acids is 1. The maximum absolute atomic E-state index is 11.5. The van der Waals surface area contributed by atoms with Gasteiger partial charge in [0.25, 0.3) is 5.91 Å². The van der Waals surface area contributed by atoms with Gasteiger partial charge in [-0.2, -0.15) is 16.9 Å². The minimum absolute atomic E-state index is 0.260. The number of carboxylic acid groups (broad SMARTS) is 1. The second kappa shape index (κ2) is 6.16. The van der Waals surface area contributed by atoms with Gasteiger partial charge in [-0.1, -0.05) is 0 Å². The molecule has 1 aromatic rings. The number of thioether (sulfide) groups is 1. The SMILES string of the molecule is CSCC[C@H](NC(=O)c1ccn[nH]1)C(=O)O. The third kappa shape index (κ3) is 3.58. The molecule has 1 amide bonds. The van der Waals surface area contributed by atoms with Crippen LogP contribution in [-0.2, 0) is 4.79 Å². The Kier molecular flexibility index (Phi) is 4.84. The highest BCUT2D eigenvalue weighted by Crippen LogP contribution is 2.02. The van der Waals surface area contributed by atoms with Crippen LogP contribution in [0.15, 0.2) is 12.3 Å². The lowest BCUT2D eigenvalue weighted by molar-refractivity contribution is -0.139. The van der Waals surface area contributed by atoms with Crippen LogP contribution in [0, 0.1) is 0 Å². The second-order valence-electron chi connectivity index (χ2n) is 3.12. The summed E-state index contributed by atoms with van der Waals surface area (Å²) in [6.45, 7) is 0. The van der Waals surface area contributed by atoms with Crippen LogP contribution in [0.2, 0.25) is 0 Å². The first-order valence-corrected chi connectivity index (χ1v) is 6.06. The zero-order valence-corrected chi connectivity index (χ0v) is 9.58. The van der Waals surface area contributed by atoms with E-state index in [2.05, 4.69) is 15.5 Å². The molecular formula is C9H13N3O3S. The van der Waals surface area contributed by atoms with Gasteiger partial charge in [-0.3, -0.25) is 9.89 Å². The van der Waals surface area contributed by atoms with Crippen molar-refractivity contribution in [3.8, 4) is 0 Å². The normalized spacial score (nSPS) is 12.1. The van der Waals surface area contributed by atoms with Crippen LogP contribution in [0.25, 0.3) is 0 Å². The van der Waals surface area contributed by atoms with Crippen molar-refractivity contribution in [2.75, 3.05) is 12.0 Å². The van der Waals surface area contributed by atoms with E-state index < -0.39 is 17.9 Å². The van der Waals surface area contributed by atoms with Crippen molar-refractivity contribution in [2.45, 2.75) is 12.5 Å². The topological polar surface area (TPSA) is 95.1 Å². The Morgan fingerprint density at radius 1 is 1.69 bits per heavy atom. The van der Waals surface area contributed by atoms with Gasteiger partial charge >= 0.3 is 5.97 Å². The summed E-state index contributed by atoms with van der Waals surface area (Å²) in [4.78, 5) is 22.4. The van der Waals surface area contributed by atoms with E-state index in [4.69, 9.17) is 5.11 Å². The molecule has 1 atom stereocenters. The molecule has 0 bridgehead atoms. The van der Waals surface area contributed by atoms with E-state index in [-0.39, 0.29) is 5.69 Å². The summed E-state index contributed by atoms with van der Waals surface area (Å²) in [6, 6.07) is 0.631. The quantitative estimate of drug-likeness (QED) is 0.670. The lowest BCUT2D eigenvalue weighted by atomic mass is 10.2. The van der Waals surface area contributed by atoms with Crippen LogP contribution in [0.5, 0.6) is 0 Å². The number of aromatic nitrogens is 2. The van der Waals surface area contributed by atoms with Crippen LogP contribution in [0.1, 0.15) is 16.9 Å². The monoisotopic (exact) mass is 243 g/mol. The maximum atomic E-state index is 11.5. The molecule has 1 aromatic heterocycles. The Labute approximate surface area is 96.8 Å². The fraction of sp³-hybridized carbons (Fsp3) is 0.444. The highest BCUT2D eigenvalue weighted by Gasteiger charge is 2.20. The fourth-order valence-electron chi connectivity index (χ4n) is 1.11. The van der Waals surface area contributed by atoms with Crippen LogP contribution in [0.4, 0.5) is 0 Å². The highest BCUT2D eigenvalue weighted by atomic mass is 32.2. The zero-order valence-electron chi connectivity index (χ0n) is 8.77. The molecule has 0 aromatic carbocycles. The average molecular weight is 243 g/mol. The molecule has 0 saturated heterocycles. The molecule has 0 spiro atoms. The molecule has 1 rings (SSSR count). The lowest BCUT2D eigenvalue weighted by Crippen LogP contribution is -2.41. The predicted octanol–water partition coefficient (Wildman–Crippen LogP) is 0.346. The van der Waals surface area contributed by atoms with Crippen molar-refractivity contribution in [2.24, 2.45) is 0 Å². The third-order valence-electron chi connectivity index (χ3n) is 1.96. The third-order valence-corrected chi connectivity index (χ3v) is 2.60. The van der Waals surface area contributed by atoms with Crippen LogP contribution in [0.3, 0.4) is 0 Å². The molecule has 16 heavy (non-hydrogen) atoms. The Bertz CT molecular complexity index is 353. The van der Waals surface area contributed by atoms with Crippen molar-refractivity contribution in [1.82, 2.24) is 15.5 Å². The number of nitrogens with zero attached hydrogens (tertiary/aromatic N) is 1. The van der Waals surface area contributed by atoms with Crippen molar-refractivity contribution in [1.29, 1.82) is 0 Å². The van der Waals surface area contributed by atoms with E-state index in [1.54, 1.807) is 0 Å². The maximum Gasteiger partial charge on any atom is 0.326 e. The minimum Gasteiger partial charge on any atom is -0.480 e. The molecule has 0 saturated carbocycles. The number of hydrogen-bond acceptors (Lipinski definition) is 4. The summed E-state index contributed by atoms with van der Waals surface area (Å²) in [6.07, 6.45) is 3.72. The molecule has 0 aliphatic rings. The first kappa shape index (κ1) is 12.6. The summed E-state index contributed by atoms with van der Waals surface area (Å²) in [5.74, 6) is -0.798. The standard InChI is InChI=1S/C9H13N3O3S/c1-16-5-3-7(9(14)15)11-8(13)6-2-4-10-12-6/h2,4,7H,3,5H2,1H3,(H,10,12)(H,11,13)(H,14,15)/t7-/m0/s1. The molecule has 0 fully saturated rings. The Morgan fingerprint density at radius 3 is 2.94 bits per heavy atom. The molecule has 0 unspecified atom stereocenters. The molecule has 0 aliphatic heterocycles. The number of aromatic amines is 1. The van der Waals surface area contributed by atoms with Crippen LogP contribution in [-0.4, -0.2) is 45.2 Å². The van der Waals surface area contributed by atoms with E-state index >= 15 is 0 Å². The van der Waals surface area contributed by atoms with Gasteiger partial charge in [-0.05, 0) is 24.5 Å². The van der Waals surface area contributed by atoms with Gasteiger partial charge in [-0.15, -0.1) is 0 Å². The van der Waals surface area contributed by atoms with Gasteiger partial charge in [-0.25, -0.2) is 4.79 Å². The summed E-state index contributed by atoms with van der Waals surface area (Å²) in [5.41, 5.74) is 0.260. The smallest absolute Gasteiger partial charge is 0.326 e. The van der Waals surface area contributed by atoms with Crippen LogP contribution < -0.4 is 5.32 Å². The minimum atomic E-state index is -1.03. The number of carbonyl (C=O) groups is 2. The largest absolute Gasteiger partial charge is 0.480 e. The summed E-state index contributed by atoms with van der Waals surface area (Å²) in [5, 5.41) is 17.4. The number of nitrogens with one attached hydrogen (secondary N) is 2. The Balaban J connectivity index is 2.54. The van der Waals surface area contributed by atoms with Crippen molar-refractivity contribution in [3.63, 3.8) is 0 Å². The predicted molar refractivity (Wildman–Crippen MR) is 60.5 cm³/mol. The summed E-state index contributed by atoms with van der Waals surface area (Å²) >= 11 is 1.54. The van der Waals surface area contributed by atoms with E-state index in [1.165, 1.54) is 24.0 Å². The Morgan fingerprint density at radius 2 is 2.44 bits per heavy atom.